The number of ether oxygens (including phenoxy) is 3. The second-order valence-electron chi connectivity index (χ2n) is 5.44. The van der Waals surface area contributed by atoms with E-state index in [9.17, 15) is 9.59 Å². The summed E-state index contributed by atoms with van der Waals surface area (Å²) in [7, 11) is 3.04. The van der Waals surface area contributed by atoms with Gasteiger partial charge in [-0.1, -0.05) is 29.8 Å². The van der Waals surface area contributed by atoms with Crippen molar-refractivity contribution in [3.05, 3.63) is 53.6 Å². The quantitative estimate of drug-likeness (QED) is 0.783. The molecule has 0 bridgehead atoms. The van der Waals surface area contributed by atoms with Crippen LogP contribution in [0, 0.1) is 6.92 Å². The van der Waals surface area contributed by atoms with E-state index in [-0.39, 0.29) is 13.0 Å². The molecule has 0 atom stereocenters. The summed E-state index contributed by atoms with van der Waals surface area (Å²) >= 11 is 0. The van der Waals surface area contributed by atoms with Gasteiger partial charge in [0.2, 0.25) is 0 Å². The van der Waals surface area contributed by atoms with E-state index < -0.39 is 11.9 Å². The van der Waals surface area contributed by atoms with Gasteiger partial charge >= 0.3 is 5.97 Å². The summed E-state index contributed by atoms with van der Waals surface area (Å²) in [6.07, 6.45) is 0.130. The lowest BCUT2D eigenvalue weighted by atomic mass is 10.1. The summed E-state index contributed by atoms with van der Waals surface area (Å²) < 4.78 is 15.3. The highest BCUT2D eigenvalue weighted by atomic mass is 16.5. The lowest BCUT2D eigenvalue weighted by Crippen LogP contribution is -2.21. The van der Waals surface area contributed by atoms with Gasteiger partial charge in [0.05, 0.1) is 20.6 Å². The summed E-state index contributed by atoms with van der Waals surface area (Å²) in [6, 6.07) is 12.6. The first-order chi connectivity index (χ1) is 12.0. The predicted octanol–water partition coefficient (Wildman–Crippen LogP) is 2.74. The van der Waals surface area contributed by atoms with Crippen LogP contribution in [-0.4, -0.2) is 32.7 Å². The third-order valence-corrected chi connectivity index (χ3v) is 3.46. The molecule has 2 aromatic rings. The van der Waals surface area contributed by atoms with Gasteiger partial charge in [-0.2, -0.15) is 0 Å². The Morgan fingerprint density at radius 1 is 1.00 bits per heavy atom. The van der Waals surface area contributed by atoms with Gasteiger partial charge in [-0.15, -0.1) is 0 Å². The van der Waals surface area contributed by atoms with Crippen LogP contribution in [0.2, 0.25) is 0 Å². The Kier molecular flexibility index (Phi) is 6.39. The van der Waals surface area contributed by atoms with Crippen molar-refractivity contribution in [3.8, 4) is 11.5 Å². The van der Waals surface area contributed by atoms with Crippen molar-refractivity contribution in [2.24, 2.45) is 0 Å². The smallest absolute Gasteiger partial charge is 0.310 e. The maximum Gasteiger partial charge on any atom is 0.310 e. The molecule has 0 fully saturated rings. The Morgan fingerprint density at radius 3 is 2.44 bits per heavy atom. The Hall–Kier alpha value is -3.02. The third-order valence-electron chi connectivity index (χ3n) is 3.46. The lowest BCUT2D eigenvalue weighted by Gasteiger charge is -2.11. The molecule has 0 spiro atoms. The zero-order valence-electron chi connectivity index (χ0n) is 14.5. The molecule has 0 aromatic heterocycles. The van der Waals surface area contributed by atoms with Crippen LogP contribution in [-0.2, 0) is 20.7 Å². The number of esters is 1. The van der Waals surface area contributed by atoms with Gasteiger partial charge in [-0.3, -0.25) is 9.59 Å². The topological polar surface area (TPSA) is 73.9 Å². The van der Waals surface area contributed by atoms with Crippen LogP contribution < -0.4 is 14.8 Å². The molecule has 0 aliphatic rings. The number of rotatable bonds is 7. The predicted molar refractivity (Wildman–Crippen MR) is 94.0 cm³/mol. The van der Waals surface area contributed by atoms with Crippen LogP contribution in [0.15, 0.2) is 42.5 Å². The number of nitrogens with one attached hydrogen (secondary N) is 1. The minimum Gasteiger partial charge on any atom is -0.493 e. The number of benzene rings is 2. The fraction of sp³-hybridized carbons (Fsp3) is 0.263. The normalized spacial score (nSPS) is 10.0. The average Bonchev–Trinajstić information content (AvgIpc) is 2.60. The monoisotopic (exact) mass is 343 g/mol. The fourth-order valence-electron chi connectivity index (χ4n) is 2.30. The van der Waals surface area contributed by atoms with Gasteiger partial charge in [-0.25, -0.2) is 0 Å². The molecule has 2 rings (SSSR count). The maximum atomic E-state index is 11.9. The standard InChI is InChI=1S/C19H21NO5/c1-13-5-4-6-14(9-13)10-19(22)25-12-18(21)20-15-7-8-16(23-2)17(11-15)24-3/h4-9,11H,10,12H2,1-3H3,(H,20,21). The lowest BCUT2D eigenvalue weighted by molar-refractivity contribution is -0.146. The van der Waals surface area contributed by atoms with Crippen molar-refractivity contribution in [1.82, 2.24) is 0 Å². The number of carbonyl (C=O) groups is 2. The molecule has 0 unspecified atom stereocenters. The van der Waals surface area contributed by atoms with Gasteiger partial charge in [0.15, 0.2) is 18.1 Å². The van der Waals surface area contributed by atoms with E-state index in [0.717, 1.165) is 11.1 Å². The number of hydrogen-bond donors (Lipinski definition) is 1. The molecule has 0 aliphatic carbocycles. The van der Waals surface area contributed by atoms with E-state index in [1.54, 1.807) is 18.2 Å². The fourth-order valence-corrected chi connectivity index (χ4v) is 2.30. The minimum absolute atomic E-state index is 0.130. The summed E-state index contributed by atoms with van der Waals surface area (Å²) in [5, 5.41) is 2.64. The van der Waals surface area contributed by atoms with E-state index in [4.69, 9.17) is 14.2 Å². The van der Waals surface area contributed by atoms with Crippen molar-refractivity contribution >= 4 is 17.6 Å². The zero-order chi connectivity index (χ0) is 18.2. The number of amides is 1. The molecule has 0 aliphatic heterocycles. The van der Waals surface area contributed by atoms with Crippen LogP contribution in [0.4, 0.5) is 5.69 Å². The van der Waals surface area contributed by atoms with Gasteiger partial charge in [0.1, 0.15) is 0 Å². The van der Waals surface area contributed by atoms with Gasteiger partial charge < -0.3 is 19.5 Å². The Labute approximate surface area is 146 Å². The first kappa shape index (κ1) is 18.3. The van der Waals surface area contributed by atoms with Crippen molar-refractivity contribution < 1.29 is 23.8 Å². The van der Waals surface area contributed by atoms with E-state index in [1.165, 1.54) is 14.2 Å². The van der Waals surface area contributed by atoms with Crippen molar-refractivity contribution in [1.29, 1.82) is 0 Å². The van der Waals surface area contributed by atoms with Gasteiger partial charge in [-0.05, 0) is 24.6 Å². The molecule has 6 nitrogen and oxygen atoms in total. The first-order valence-electron chi connectivity index (χ1n) is 7.75. The van der Waals surface area contributed by atoms with E-state index in [0.29, 0.717) is 17.2 Å². The number of aryl methyl sites for hydroxylation is 1. The van der Waals surface area contributed by atoms with Gasteiger partial charge in [0.25, 0.3) is 5.91 Å². The molecule has 0 heterocycles. The number of carbonyl (C=O) groups excluding carboxylic acids is 2. The molecule has 1 N–H and O–H groups in total. The average molecular weight is 343 g/mol. The molecule has 1 amide bonds. The molecular weight excluding hydrogens is 322 g/mol. The Morgan fingerprint density at radius 2 is 1.76 bits per heavy atom. The summed E-state index contributed by atoms with van der Waals surface area (Å²) in [5.74, 6) is 0.180. The molecule has 132 valence electrons. The molecular formula is C19H21NO5. The number of methoxy groups -OCH3 is 2. The Bertz CT molecular complexity index is 757. The van der Waals surface area contributed by atoms with Gasteiger partial charge in [0, 0.05) is 11.8 Å². The third kappa shape index (κ3) is 5.53. The molecule has 6 heteroatoms. The summed E-state index contributed by atoms with van der Waals surface area (Å²) in [6.45, 7) is 1.60. The SMILES string of the molecule is COc1ccc(NC(=O)COC(=O)Cc2cccc(C)c2)cc1OC. The van der Waals surface area contributed by atoms with Crippen LogP contribution in [0.3, 0.4) is 0 Å². The van der Waals surface area contributed by atoms with Crippen LogP contribution >= 0.6 is 0 Å². The van der Waals surface area contributed by atoms with E-state index in [1.807, 2.05) is 31.2 Å². The molecule has 2 aromatic carbocycles. The van der Waals surface area contributed by atoms with Crippen LogP contribution in [0.5, 0.6) is 11.5 Å². The zero-order valence-corrected chi connectivity index (χ0v) is 14.5. The van der Waals surface area contributed by atoms with Crippen molar-refractivity contribution in [3.63, 3.8) is 0 Å². The summed E-state index contributed by atoms with van der Waals surface area (Å²) in [4.78, 5) is 23.7. The molecule has 0 saturated carbocycles. The number of anilines is 1. The second-order valence-corrected chi connectivity index (χ2v) is 5.44. The Balaban J connectivity index is 1.85. The molecule has 25 heavy (non-hydrogen) atoms. The van der Waals surface area contributed by atoms with E-state index in [2.05, 4.69) is 5.32 Å². The first-order valence-corrected chi connectivity index (χ1v) is 7.75. The van der Waals surface area contributed by atoms with E-state index >= 15 is 0 Å². The molecule has 0 radical (unpaired) electrons. The highest BCUT2D eigenvalue weighted by Crippen LogP contribution is 2.29. The van der Waals surface area contributed by atoms with Crippen LogP contribution in [0.1, 0.15) is 11.1 Å². The minimum atomic E-state index is -0.451. The number of hydrogen-bond acceptors (Lipinski definition) is 5. The molecule has 0 saturated heterocycles. The van der Waals surface area contributed by atoms with Crippen molar-refractivity contribution in [2.45, 2.75) is 13.3 Å². The highest BCUT2D eigenvalue weighted by molar-refractivity contribution is 5.93. The van der Waals surface area contributed by atoms with Crippen LogP contribution in [0.25, 0.3) is 0 Å². The highest BCUT2D eigenvalue weighted by Gasteiger charge is 2.11. The summed E-state index contributed by atoms with van der Waals surface area (Å²) in [5.41, 5.74) is 2.44. The second kappa shape index (κ2) is 8.73. The van der Waals surface area contributed by atoms with Crippen molar-refractivity contribution in [2.75, 3.05) is 26.1 Å². The maximum absolute atomic E-state index is 11.9. The largest absolute Gasteiger partial charge is 0.493 e.